The Labute approximate surface area is 181 Å². The first-order valence-corrected chi connectivity index (χ1v) is 10.4. The van der Waals surface area contributed by atoms with Crippen LogP contribution in [0.1, 0.15) is 28.5 Å². The lowest BCUT2D eigenvalue weighted by Crippen LogP contribution is -2.32. The molecule has 5 heteroatoms. The van der Waals surface area contributed by atoms with Gasteiger partial charge in [0.25, 0.3) is 5.56 Å². The van der Waals surface area contributed by atoms with Crippen molar-refractivity contribution in [1.82, 2.24) is 9.78 Å². The fourth-order valence-corrected chi connectivity index (χ4v) is 3.86. The van der Waals surface area contributed by atoms with E-state index in [1.807, 2.05) is 86.6 Å². The molecule has 2 atom stereocenters. The largest absolute Gasteiger partial charge is 0.389 e. The molecule has 0 aliphatic heterocycles. The van der Waals surface area contributed by atoms with Crippen molar-refractivity contribution in [2.45, 2.75) is 32.6 Å². The van der Waals surface area contributed by atoms with Crippen LogP contribution in [0.15, 0.2) is 83.7 Å². The first-order chi connectivity index (χ1) is 15.0. The zero-order valence-electron chi connectivity index (χ0n) is 17.7. The molecule has 1 N–H and O–H groups in total. The molecule has 0 fully saturated rings. The summed E-state index contributed by atoms with van der Waals surface area (Å²) >= 11 is 0. The molecule has 4 aromatic rings. The second kappa shape index (κ2) is 9.25. The molecule has 0 spiro atoms. The average Bonchev–Trinajstić information content (AvgIpc) is 2.79. The van der Waals surface area contributed by atoms with E-state index in [1.165, 1.54) is 4.68 Å². The highest BCUT2D eigenvalue weighted by molar-refractivity contribution is 5.83. The maximum atomic E-state index is 12.8. The van der Waals surface area contributed by atoms with Crippen LogP contribution in [0.5, 0.6) is 0 Å². The monoisotopic (exact) mass is 414 g/mol. The van der Waals surface area contributed by atoms with Crippen LogP contribution in [0.25, 0.3) is 10.8 Å². The number of hydrogen-bond donors (Lipinski definition) is 1. The van der Waals surface area contributed by atoms with Gasteiger partial charge in [-0.1, -0.05) is 72.8 Å². The number of rotatable bonds is 7. The highest BCUT2D eigenvalue weighted by Crippen LogP contribution is 2.28. The average molecular weight is 415 g/mol. The van der Waals surface area contributed by atoms with Gasteiger partial charge in [0.05, 0.1) is 30.3 Å². The van der Waals surface area contributed by atoms with Crippen LogP contribution in [0.2, 0.25) is 0 Å². The van der Waals surface area contributed by atoms with Crippen molar-refractivity contribution in [2.24, 2.45) is 0 Å². The van der Waals surface area contributed by atoms with Gasteiger partial charge < -0.3 is 9.84 Å². The van der Waals surface area contributed by atoms with E-state index in [4.69, 9.17) is 4.74 Å². The summed E-state index contributed by atoms with van der Waals surface area (Å²) in [5, 5.41) is 16.5. The molecule has 31 heavy (non-hydrogen) atoms. The van der Waals surface area contributed by atoms with E-state index in [0.29, 0.717) is 5.39 Å². The van der Waals surface area contributed by atoms with Crippen LogP contribution in [-0.4, -0.2) is 27.6 Å². The number of hydrogen-bond acceptors (Lipinski definition) is 4. The molecular formula is C26H26N2O3. The molecule has 3 aromatic carbocycles. The van der Waals surface area contributed by atoms with E-state index in [2.05, 4.69) is 5.10 Å². The molecule has 0 aliphatic carbocycles. The van der Waals surface area contributed by atoms with Crippen molar-refractivity contribution in [3.05, 3.63) is 112 Å². The Morgan fingerprint density at radius 3 is 2.29 bits per heavy atom. The Hall–Kier alpha value is -3.28. The Balaban J connectivity index is 1.55. The number of fused-ring (bicyclic) bond motifs is 1. The quantitative estimate of drug-likeness (QED) is 0.493. The van der Waals surface area contributed by atoms with E-state index >= 15 is 0 Å². The number of aromatic nitrogens is 2. The number of nitrogens with zero attached hydrogens (tertiary/aromatic N) is 2. The lowest BCUT2D eigenvalue weighted by atomic mass is 9.97. The molecule has 1 heterocycles. The lowest BCUT2D eigenvalue weighted by Gasteiger charge is -2.22. The molecule has 0 saturated heterocycles. The number of benzene rings is 3. The smallest absolute Gasteiger partial charge is 0.274 e. The van der Waals surface area contributed by atoms with Gasteiger partial charge >= 0.3 is 0 Å². The highest BCUT2D eigenvalue weighted by atomic mass is 16.5. The van der Waals surface area contributed by atoms with Gasteiger partial charge in [-0.15, -0.1) is 0 Å². The first-order valence-electron chi connectivity index (χ1n) is 10.4. The third-order valence-electron chi connectivity index (χ3n) is 5.46. The van der Waals surface area contributed by atoms with E-state index in [0.717, 1.165) is 27.8 Å². The van der Waals surface area contributed by atoms with Crippen LogP contribution >= 0.6 is 0 Å². The predicted octanol–water partition coefficient (Wildman–Crippen LogP) is 4.18. The normalized spacial score (nSPS) is 13.3. The minimum absolute atomic E-state index is 0.0692. The van der Waals surface area contributed by atoms with Crippen LogP contribution in [0, 0.1) is 13.8 Å². The summed E-state index contributed by atoms with van der Waals surface area (Å²) in [5.74, 6) is 0. The van der Waals surface area contributed by atoms with Gasteiger partial charge in [0.2, 0.25) is 0 Å². The van der Waals surface area contributed by atoms with Gasteiger partial charge in [-0.2, -0.15) is 5.10 Å². The highest BCUT2D eigenvalue weighted by Gasteiger charge is 2.19. The summed E-state index contributed by atoms with van der Waals surface area (Å²) in [6.45, 7) is 4.06. The number of ether oxygens (including phenoxy) is 1. The zero-order chi connectivity index (χ0) is 21.8. The molecule has 5 nitrogen and oxygen atoms in total. The number of aliphatic hydroxyl groups excluding tert-OH is 1. The molecule has 0 radical (unpaired) electrons. The Bertz CT molecular complexity index is 1230. The van der Waals surface area contributed by atoms with E-state index in [-0.39, 0.29) is 24.8 Å². The summed E-state index contributed by atoms with van der Waals surface area (Å²) < 4.78 is 7.52. The van der Waals surface area contributed by atoms with Crippen molar-refractivity contribution in [1.29, 1.82) is 0 Å². The molecule has 158 valence electrons. The topological polar surface area (TPSA) is 64.3 Å². The standard InChI is InChI=1S/C26H26N2O3/c1-18-10-6-7-13-22(18)25(20-11-4-3-5-12-20)31-17-21(29)16-28-26(30)24-15-9-8-14-23(24)19(2)27-28/h3-15,21,25,29H,16-17H2,1-2H3/t21-,25-/m1/s1. The van der Waals surface area contributed by atoms with Crippen LogP contribution in [-0.2, 0) is 11.3 Å². The molecule has 1 aromatic heterocycles. The van der Waals surface area contributed by atoms with E-state index in [9.17, 15) is 9.90 Å². The van der Waals surface area contributed by atoms with Crippen molar-refractivity contribution in [3.63, 3.8) is 0 Å². The van der Waals surface area contributed by atoms with Gasteiger partial charge in [-0.25, -0.2) is 4.68 Å². The summed E-state index contributed by atoms with van der Waals surface area (Å²) in [5.41, 5.74) is 3.73. The summed E-state index contributed by atoms with van der Waals surface area (Å²) in [7, 11) is 0. The predicted molar refractivity (Wildman–Crippen MR) is 122 cm³/mol. The summed E-state index contributed by atoms with van der Waals surface area (Å²) in [6.07, 6.45) is -1.18. The molecule has 0 bridgehead atoms. The maximum Gasteiger partial charge on any atom is 0.274 e. The second-order valence-corrected chi connectivity index (χ2v) is 7.75. The van der Waals surface area contributed by atoms with Crippen molar-refractivity contribution < 1.29 is 9.84 Å². The zero-order valence-corrected chi connectivity index (χ0v) is 17.7. The SMILES string of the molecule is Cc1ccccc1[C@H](OC[C@H](O)Cn1nc(C)c2ccccc2c1=O)c1ccccc1. The van der Waals surface area contributed by atoms with Gasteiger partial charge in [-0.05, 0) is 36.6 Å². The summed E-state index contributed by atoms with van der Waals surface area (Å²) in [6, 6.07) is 25.4. The van der Waals surface area contributed by atoms with Crippen molar-refractivity contribution in [2.75, 3.05) is 6.61 Å². The van der Waals surface area contributed by atoms with E-state index < -0.39 is 6.10 Å². The second-order valence-electron chi connectivity index (χ2n) is 7.75. The van der Waals surface area contributed by atoms with Crippen LogP contribution < -0.4 is 5.56 Å². The Kier molecular flexibility index (Phi) is 6.26. The fraction of sp³-hybridized carbons (Fsp3) is 0.231. The minimum atomic E-state index is -0.874. The third kappa shape index (κ3) is 4.58. The molecule has 0 saturated carbocycles. The summed E-state index contributed by atoms with van der Waals surface area (Å²) in [4.78, 5) is 12.8. The third-order valence-corrected chi connectivity index (χ3v) is 5.46. The van der Waals surface area contributed by atoms with E-state index in [1.54, 1.807) is 6.07 Å². The number of aryl methyl sites for hydroxylation is 2. The Morgan fingerprint density at radius 1 is 0.903 bits per heavy atom. The van der Waals surface area contributed by atoms with Crippen molar-refractivity contribution >= 4 is 10.8 Å². The fourth-order valence-electron chi connectivity index (χ4n) is 3.86. The molecule has 0 unspecified atom stereocenters. The van der Waals surface area contributed by atoms with Gasteiger partial charge in [-0.3, -0.25) is 4.79 Å². The van der Waals surface area contributed by atoms with Gasteiger partial charge in [0.1, 0.15) is 6.10 Å². The van der Waals surface area contributed by atoms with Gasteiger partial charge in [0, 0.05) is 5.39 Å². The maximum absolute atomic E-state index is 12.8. The minimum Gasteiger partial charge on any atom is -0.389 e. The number of aliphatic hydroxyl groups is 1. The van der Waals surface area contributed by atoms with Crippen molar-refractivity contribution in [3.8, 4) is 0 Å². The Morgan fingerprint density at radius 2 is 1.55 bits per heavy atom. The van der Waals surface area contributed by atoms with Crippen LogP contribution in [0.4, 0.5) is 0 Å². The molecule has 4 rings (SSSR count). The molecule has 0 aliphatic rings. The lowest BCUT2D eigenvalue weighted by molar-refractivity contribution is -0.00262. The van der Waals surface area contributed by atoms with Crippen LogP contribution in [0.3, 0.4) is 0 Å². The molecule has 0 amide bonds. The first kappa shape index (κ1) is 21.0. The molecular weight excluding hydrogens is 388 g/mol. The van der Waals surface area contributed by atoms with Gasteiger partial charge in [0.15, 0.2) is 0 Å².